The third kappa shape index (κ3) is 5.86. The van der Waals surface area contributed by atoms with Crippen molar-refractivity contribution < 1.29 is 9.90 Å². The van der Waals surface area contributed by atoms with Gasteiger partial charge in [-0.2, -0.15) is 0 Å². The summed E-state index contributed by atoms with van der Waals surface area (Å²) in [7, 11) is 2.17. The Morgan fingerprint density at radius 2 is 1.93 bits per heavy atom. The lowest BCUT2D eigenvalue weighted by atomic mass is 9.97. The van der Waals surface area contributed by atoms with E-state index in [2.05, 4.69) is 71.9 Å². The van der Waals surface area contributed by atoms with Gasteiger partial charge in [0.25, 0.3) is 5.91 Å². The summed E-state index contributed by atoms with van der Waals surface area (Å²) < 4.78 is 2.22. The molecule has 2 N–H and O–H groups in total. The number of nitrogens with one attached hydrogen (secondary N) is 1. The first-order chi connectivity index (χ1) is 19.2. The van der Waals surface area contributed by atoms with Crippen LogP contribution in [0.5, 0.6) is 5.75 Å². The molecule has 1 unspecified atom stereocenters. The molecule has 1 amide bonds. The molecule has 2 aliphatic heterocycles. The molecule has 0 radical (unpaired) electrons. The minimum absolute atomic E-state index is 0.139. The minimum atomic E-state index is -0.139. The van der Waals surface area contributed by atoms with E-state index in [1.807, 2.05) is 25.3 Å². The fraction of sp³-hybridized carbons (Fsp3) is 0.455. The van der Waals surface area contributed by atoms with Crippen LogP contribution in [-0.4, -0.2) is 71.0 Å². The molecule has 2 aliphatic rings. The van der Waals surface area contributed by atoms with Gasteiger partial charge < -0.3 is 19.9 Å². The van der Waals surface area contributed by atoms with Gasteiger partial charge in [0.2, 0.25) is 0 Å². The Balaban J connectivity index is 1.42. The zero-order valence-electron chi connectivity index (χ0n) is 24.6. The molecule has 2 aromatic carbocycles. The average Bonchev–Trinajstić information content (AvgIpc) is 3.37. The maximum absolute atomic E-state index is 13.7. The highest BCUT2D eigenvalue weighted by molar-refractivity contribution is 6.14. The molecule has 1 saturated heterocycles. The number of carbonyl (C=O) groups excluding carboxylic acids is 1. The third-order valence-corrected chi connectivity index (χ3v) is 8.27. The van der Waals surface area contributed by atoms with E-state index in [1.165, 1.54) is 0 Å². The summed E-state index contributed by atoms with van der Waals surface area (Å²) in [5.41, 5.74) is 6.65. The Labute approximate surface area is 238 Å². The third-order valence-electron chi connectivity index (χ3n) is 8.27. The maximum atomic E-state index is 13.7. The van der Waals surface area contributed by atoms with Crippen molar-refractivity contribution in [2.24, 2.45) is 4.99 Å². The smallest absolute Gasteiger partial charge is 0.252 e. The van der Waals surface area contributed by atoms with Gasteiger partial charge in [-0.1, -0.05) is 25.5 Å². The van der Waals surface area contributed by atoms with Gasteiger partial charge in [0.15, 0.2) is 0 Å². The van der Waals surface area contributed by atoms with Gasteiger partial charge in [-0.3, -0.25) is 14.7 Å². The summed E-state index contributed by atoms with van der Waals surface area (Å²) in [4.78, 5) is 23.5. The number of aryl methyl sites for hydroxylation is 2. The number of aliphatic imine (C=N–C) groups is 1. The number of allylic oxidation sites excluding steroid dienone is 1. The normalized spacial score (nSPS) is 18.4. The number of phenolic OH excluding ortho intramolecular Hbond substituents is 1. The van der Waals surface area contributed by atoms with Crippen LogP contribution in [0.15, 0.2) is 47.6 Å². The number of amides is 1. The molecule has 1 fully saturated rings. The molecule has 0 spiro atoms. The predicted molar refractivity (Wildman–Crippen MR) is 164 cm³/mol. The number of aromatic hydroxyl groups is 1. The Morgan fingerprint density at radius 3 is 2.60 bits per heavy atom. The van der Waals surface area contributed by atoms with Gasteiger partial charge in [0.05, 0.1) is 0 Å². The Morgan fingerprint density at radius 1 is 1.15 bits per heavy atom. The van der Waals surface area contributed by atoms with E-state index >= 15 is 0 Å². The molecule has 1 aromatic heterocycles. The molecule has 7 nitrogen and oxygen atoms in total. The minimum Gasteiger partial charge on any atom is -0.508 e. The number of nitrogens with zero attached hydrogens (tertiary/aromatic N) is 4. The largest absolute Gasteiger partial charge is 0.508 e. The highest BCUT2D eigenvalue weighted by Crippen LogP contribution is 2.31. The van der Waals surface area contributed by atoms with Gasteiger partial charge >= 0.3 is 0 Å². The average molecular weight is 542 g/mol. The Bertz CT molecular complexity index is 1440. The summed E-state index contributed by atoms with van der Waals surface area (Å²) in [5, 5.41) is 14.7. The van der Waals surface area contributed by atoms with Crippen molar-refractivity contribution >= 4 is 28.6 Å². The molecule has 3 heterocycles. The van der Waals surface area contributed by atoms with Crippen LogP contribution in [0.25, 0.3) is 16.5 Å². The summed E-state index contributed by atoms with van der Waals surface area (Å²) in [6.07, 6.45) is 9.20. The van der Waals surface area contributed by atoms with Crippen molar-refractivity contribution in [3.05, 3.63) is 70.4 Å². The number of rotatable bonds is 8. The molecule has 3 aromatic rings. The summed E-state index contributed by atoms with van der Waals surface area (Å²) in [5.74, 6) is 0.103. The van der Waals surface area contributed by atoms with E-state index in [9.17, 15) is 9.90 Å². The second kappa shape index (κ2) is 12.0. The van der Waals surface area contributed by atoms with Crippen LogP contribution in [0.2, 0.25) is 0 Å². The summed E-state index contributed by atoms with van der Waals surface area (Å²) in [6.45, 7) is 12.9. The second-order valence-corrected chi connectivity index (χ2v) is 11.6. The predicted octanol–water partition coefficient (Wildman–Crippen LogP) is 5.55. The highest BCUT2D eigenvalue weighted by Gasteiger charge is 2.24. The van der Waals surface area contributed by atoms with Crippen LogP contribution in [0, 0.1) is 6.92 Å². The van der Waals surface area contributed by atoms with E-state index < -0.39 is 0 Å². The second-order valence-electron chi connectivity index (χ2n) is 11.6. The molecule has 5 rings (SSSR count). The molecule has 0 aliphatic carbocycles. The SMILES string of the molecule is CCCc1cc(C)cc(O)c1CNC(=O)c1cc(C2=CCC(N3CCN(C)CC3)N=C2)cc2c1ccn2C(C)C. The van der Waals surface area contributed by atoms with Crippen LogP contribution in [0.4, 0.5) is 0 Å². The van der Waals surface area contributed by atoms with Crippen LogP contribution in [-0.2, 0) is 13.0 Å². The number of carbonyl (C=O) groups is 1. The Kier molecular flexibility index (Phi) is 8.43. The number of benzene rings is 2. The number of dihydropyridines is 1. The summed E-state index contributed by atoms with van der Waals surface area (Å²) >= 11 is 0. The number of aromatic nitrogens is 1. The zero-order valence-corrected chi connectivity index (χ0v) is 24.6. The molecule has 212 valence electrons. The van der Waals surface area contributed by atoms with E-state index in [1.54, 1.807) is 6.07 Å². The van der Waals surface area contributed by atoms with E-state index in [0.717, 1.165) is 84.2 Å². The maximum Gasteiger partial charge on any atom is 0.252 e. The fourth-order valence-corrected chi connectivity index (χ4v) is 5.97. The molecular weight excluding hydrogens is 498 g/mol. The lowest BCUT2D eigenvalue weighted by Crippen LogP contribution is -2.48. The number of hydrogen-bond donors (Lipinski definition) is 2. The number of piperazine rings is 1. The lowest BCUT2D eigenvalue weighted by molar-refractivity contribution is 0.0952. The molecule has 7 heteroatoms. The van der Waals surface area contributed by atoms with E-state index in [4.69, 9.17) is 4.99 Å². The number of phenols is 1. The van der Waals surface area contributed by atoms with Crippen LogP contribution in [0.3, 0.4) is 0 Å². The first-order valence-electron chi connectivity index (χ1n) is 14.7. The number of fused-ring (bicyclic) bond motifs is 1. The van der Waals surface area contributed by atoms with Gasteiger partial charge in [0.1, 0.15) is 11.9 Å². The van der Waals surface area contributed by atoms with Crippen molar-refractivity contribution in [3.63, 3.8) is 0 Å². The molecule has 0 saturated carbocycles. The summed E-state index contributed by atoms with van der Waals surface area (Å²) in [6, 6.07) is 10.4. The molecule has 1 atom stereocenters. The van der Waals surface area contributed by atoms with Crippen LogP contribution < -0.4 is 5.32 Å². The molecular formula is C33H43N5O2. The van der Waals surface area contributed by atoms with Crippen molar-refractivity contribution in [1.82, 2.24) is 19.7 Å². The van der Waals surface area contributed by atoms with Gasteiger partial charge in [0, 0.05) is 79.6 Å². The van der Waals surface area contributed by atoms with Crippen molar-refractivity contribution in [2.75, 3.05) is 33.2 Å². The van der Waals surface area contributed by atoms with Gasteiger partial charge in [-0.25, -0.2) is 0 Å². The standard InChI is InChI=1S/C33H43N5O2/c1-6-7-24-16-23(4)17-31(39)29(24)21-35-33(40)28-18-26(19-30-27(28)10-11-38(30)22(2)3)25-8-9-32(34-20-25)37-14-12-36(5)13-15-37/h8,10-11,16-20,22,32,39H,6-7,9,12-15,21H2,1-5H3,(H,35,40). The first-order valence-corrected chi connectivity index (χ1v) is 14.7. The van der Waals surface area contributed by atoms with E-state index in [-0.39, 0.29) is 30.4 Å². The Hall–Kier alpha value is -3.42. The van der Waals surface area contributed by atoms with Gasteiger partial charge in [-0.15, -0.1) is 0 Å². The van der Waals surface area contributed by atoms with Crippen molar-refractivity contribution in [3.8, 4) is 5.75 Å². The van der Waals surface area contributed by atoms with Crippen LogP contribution >= 0.6 is 0 Å². The number of likely N-dealkylation sites (N-methyl/N-ethyl adjacent to an activating group) is 1. The van der Waals surface area contributed by atoms with Gasteiger partial charge in [-0.05, 0) is 80.8 Å². The first kappa shape index (κ1) is 28.1. The highest BCUT2D eigenvalue weighted by atomic mass is 16.3. The molecule has 0 bridgehead atoms. The monoisotopic (exact) mass is 541 g/mol. The van der Waals surface area contributed by atoms with Crippen LogP contribution in [0.1, 0.15) is 72.3 Å². The number of hydrogen-bond acceptors (Lipinski definition) is 5. The zero-order chi connectivity index (χ0) is 28.4. The lowest BCUT2D eigenvalue weighted by Gasteiger charge is -2.36. The topological polar surface area (TPSA) is 73.1 Å². The van der Waals surface area contributed by atoms with Crippen molar-refractivity contribution in [1.29, 1.82) is 0 Å². The fourth-order valence-electron chi connectivity index (χ4n) is 5.97. The quantitative estimate of drug-likeness (QED) is 0.392. The molecule has 40 heavy (non-hydrogen) atoms. The van der Waals surface area contributed by atoms with E-state index in [0.29, 0.717) is 5.56 Å². The van der Waals surface area contributed by atoms with Crippen molar-refractivity contribution in [2.45, 2.75) is 65.7 Å².